The molecule has 0 atom stereocenters. The smallest absolute Gasteiger partial charge is 0.256 e. The summed E-state index contributed by atoms with van der Waals surface area (Å²) in [5.41, 5.74) is 2.22. The van der Waals surface area contributed by atoms with E-state index in [0.717, 1.165) is 11.3 Å². The van der Waals surface area contributed by atoms with Crippen molar-refractivity contribution in [3.8, 4) is 5.75 Å². The molecule has 0 aliphatic heterocycles. The fourth-order valence-electron chi connectivity index (χ4n) is 3.23. The van der Waals surface area contributed by atoms with Crippen molar-refractivity contribution >= 4 is 27.1 Å². The van der Waals surface area contributed by atoms with E-state index in [0.29, 0.717) is 11.4 Å². The Balaban J connectivity index is 1.49. The van der Waals surface area contributed by atoms with E-state index in [4.69, 9.17) is 4.74 Å². The molecule has 0 spiro atoms. The Morgan fingerprint density at radius 3 is 2.62 bits per heavy atom. The predicted molar refractivity (Wildman–Crippen MR) is 123 cm³/mol. The highest BCUT2D eigenvalue weighted by atomic mass is 32.2. The van der Waals surface area contributed by atoms with Crippen LogP contribution in [0.15, 0.2) is 84.0 Å². The van der Waals surface area contributed by atoms with Crippen LogP contribution in [0.25, 0.3) is 5.65 Å². The molecule has 2 heterocycles. The summed E-state index contributed by atoms with van der Waals surface area (Å²) in [4.78, 5) is 17.4. The largest absolute Gasteiger partial charge is 0.487 e. The number of nitrogens with one attached hydrogen (secondary N) is 1. The molecule has 0 fully saturated rings. The van der Waals surface area contributed by atoms with Crippen molar-refractivity contribution in [2.24, 2.45) is 0 Å². The molecule has 7 nitrogen and oxygen atoms in total. The van der Waals surface area contributed by atoms with Gasteiger partial charge in [0.25, 0.3) is 5.91 Å². The Bertz CT molecular complexity index is 1340. The number of amides is 1. The van der Waals surface area contributed by atoms with Crippen LogP contribution in [0.3, 0.4) is 0 Å². The zero-order chi connectivity index (χ0) is 22.7. The van der Waals surface area contributed by atoms with Gasteiger partial charge in [-0.1, -0.05) is 24.3 Å². The molecule has 4 rings (SSSR count). The van der Waals surface area contributed by atoms with Gasteiger partial charge in [-0.25, -0.2) is 13.4 Å². The van der Waals surface area contributed by atoms with Crippen molar-refractivity contribution in [1.82, 2.24) is 9.38 Å². The van der Waals surface area contributed by atoms with Gasteiger partial charge in [-0.05, 0) is 50.2 Å². The van der Waals surface area contributed by atoms with Crippen LogP contribution in [0.1, 0.15) is 29.9 Å². The lowest BCUT2D eigenvalue weighted by Crippen LogP contribution is -2.20. The quantitative estimate of drug-likeness (QED) is 0.453. The Morgan fingerprint density at radius 1 is 1.06 bits per heavy atom. The van der Waals surface area contributed by atoms with E-state index in [-0.39, 0.29) is 17.1 Å². The van der Waals surface area contributed by atoms with Crippen LogP contribution in [0.4, 0.5) is 5.69 Å². The van der Waals surface area contributed by atoms with Crippen LogP contribution >= 0.6 is 0 Å². The highest BCUT2D eigenvalue weighted by Gasteiger charge is 2.25. The van der Waals surface area contributed by atoms with Gasteiger partial charge in [-0.15, -0.1) is 0 Å². The SMILES string of the molecule is CC(C)S(=O)(=O)c1ccccc1C(=O)Nc1cccc(OCc2cn3ccccc3n2)c1. The number of carbonyl (C=O) groups is 1. The summed E-state index contributed by atoms with van der Waals surface area (Å²) < 4.78 is 33.0. The summed E-state index contributed by atoms with van der Waals surface area (Å²) in [5.74, 6) is 0.0604. The summed E-state index contributed by atoms with van der Waals surface area (Å²) in [6.45, 7) is 3.45. The van der Waals surface area contributed by atoms with Gasteiger partial charge in [0.05, 0.1) is 21.4 Å². The fourth-order valence-corrected chi connectivity index (χ4v) is 4.48. The first-order valence-corrected chi connectivity index (χ1v) is 11.7. The minimum absolute atomic E-state index is 0.0201. The van der Waals surface area contributed by atoms with Gasteiger partial charge in [0.1, 0.15) is 18.0 Å². The van der Waals surface area contributed by atoms with Crippen molar-refractivity contribution in [2.45, 2.75) is 30.6 Å². The average Bonchev–Trinajstić information content (AvgIpc) is 3.21. The highest BCUT2D eigenvalue weighted by molar-refractivity contribution is 7.92. The number of fused-ring (bicyclic) bond motifs is 1. The van der Waals surface area contributed by atoms with E-state index in [1.54, 1.807) is 50.2 Å². The van der Waals surface area contributed by atoms with Gasteiger partial charge >= 0.3 is 0 Å². The summed E-state index contributed by atoms with van der Waals surface area (Å²) in [7, 11) is -3.60. The topological polar surface area (TPSA) is 89.8 Å². The highest BCUT2D eigenvalue weighted by Crippen LogP contribution is 2.23. The van der Waals surface area contributed by atoms with E-state index < -0.39 is 21.0 Å². The molecular formula is C24H23N3O4S. The number of aromatic nitrogens is 2. The van der Waals surface area contributed by atoms with Crippen molar-refractivity contribution in [3.63, 3.8) is 0 Å². The molecule has 0 radical (unpaired) electrons. The maximum Gasteiger partial charge on any atom is 0.256 e. The molecule has 164 valence electrons. The van der Waals surface area contributed by atoms with Gasteiger partial charge in [-0.2, -0.15) is 0 Å². The van der Waals surface area contributed by atoms with Crippen LogP contribution in [0.2, 0.25) is 0 Å². The Morgan fingerprint density at radius 2 is 1.84 bits per heavy atom. The Labute approximate surface area is 186 Å². The number of sulfone groups is 1. The fraction of sp³-hybridized carbons (Fsp3) is 0.167. The van der Waals surface area contributed by atoms with Gasteiger partial charge < -0.3 is 14.5 Å². The van der Waals surface area contributed by atoms with E-state index >= 15 is 0 Å². The third kappa shape index (κ3) is 4.50. The number of pyridine rings is 1. The monoisotopic (exact) mass is 449 g/mol. The summed E-state index contributed by atoms with van der Waals surface area (Å²) >= 11 is 0. The number of benzene rings is 2. The molecule has 0 aliphatic carbocycles. The number of carbonyl (C=O) groups excluding carboxylic acids is 1. The summed E-state index contributed by atoms with van der Waals surface area (Å²) in [6, 6.07) is 18.9. The molecule has 0 saturated carbocycles. The van der Waals surface area contributed by atoms with Crippen molar-refractivity contribution in [1.29, 1.82) is 0 Å². The Hall–Kier alpha value is -3.65. The third-order valence-electron chi connectivity index (χ3n) is 4.95. The lowest BCUT2D eigenvalue weighted by molar-refractivity contribution is 0.102. The normalized spacial score (nSPS) is 11.6. The molecule has 32 heavy (non-hydrogen) atoms. The second-order valence-corrected chi connectivity index (χ2v) is 10.0. The molecule has 0 saturated heterocycles. The molecule has 4 aromatic rings. The van der Waals surface area contributed by atoms with Gasteiger partial charge in [0, 0.05) is 24.1 Å². The standard InChI is InChI=1S/C24H23N3O4S/c1-17(2)32(29,30)22-11-4-3-10-21(22)24(28)26-18-8-7-9-20(14-18)31-16-19-15-27-13-6-5-12-23(27)25-19/h3-15,17H,16H2,1-2H3,(H,26,28). The molecule has 8 heteroatoms. The van der Waals surface area contributed by atoms with Crippen LogP contribution in [-0.4, -0.2) is 29.0 Å². The van der Waals surface area contributed by atoms with Crippen LogP contribution < -0.4 is 10.1 Å². The maximum atomic E-state index is 12.9. The Kier molecular flexibility index (Phi) is 5.96. The van der Waals surface area contributed by atoms with E-state index in [1.165, 1.54) is 12.1 Å². The first kappa shape index (κ1) is 21.6. The minimum atomic E-state index is -3.60. The van der Waals surface area contributed by atoms with Crippen LogP contribution in [0.5, 0.6) is 5.75 Å². The predicted octanol–water partition coefficient (Wildman–Crippen LogP) is 4.35. The van der Waals surface area contributed by atoms with Gasteiger partial charge in [0.2, 0.25) is 0 Å². The number of ether oxygens (including phenoxy) is 1. The number of nitrogens with zero attached hydrogens (tertiary/aromatic N) is 2. The molecule has 2 aromatic carbocycles. The number of rotatable bonds is 7. The zero-order valence-electron chi connectivity index (χ0n) is 17.7. The number of anilines is 1. The first-order valence-electron chi connectivity index (χ1n) is 10.1. The van der Waals surface area contributed by atoms with Crippen LogP contribution in [-0.2, 0) is 16.4 Å². The van der Waals surface area contributed by atoms with E-state index in [9.17, 15) is 13.2 Å². The molecule has 2 aromatic heterocycles. The molecule has 1 N–H and O–H groups in total. The minimum Gasteiger partial charge on any atom is -0.487 e. The number of hydrogen-bond acceptors (Lipinski definition) is 5. The lowest BCUT2D eigenvalue weighted by Gasteiger charge is -2.13. The van der Waals surface area contributed by atoms with Crippen molar-refractivity contribution < 1.29 is 17.9 Å². The second kappa shape index (κ2) is 8.84. The molecule has 1 amide bonds. The van der Waals surface area contributed by atoms with E-state index in [2.05, 4.69) is 10.3 Å². The maximum absolute atomic E-state index is 12.9. The second-order valence-electron chi connectivity index (χ2n) is 7.56. The van der Waals surface area contributed by atoms with Crippen molar-refractivity contribution in [3.05, 3.63) is 90.4 Å². The molecular weight excluding hydrogens is 426 g/mol. The molecule has 0 aliphatic rings. The summed E-state index contributed by atoms with van der Waals surface area (Å²) in [5, 5.41) is 2.13. The molecule has 0 unspecified atom stereocenters. The average molecular weight is 450 g/mol. The summed E-state index contributed by atoms with van der Waals surface area (Å²) in [6.07, 6.45) is 3.81. The molecule has 0 bridgehead atoms. The third-order valence-corrected chi connectivity index (χ3v) is 7.16. The van der Waals surface area contributed by atoms with Crippen LogP contribution in [0, 0.1) is 0 Å². The van der Waals surface area contributed by atoms with Crippen molar-refractivity contribution in [2.75, 3.05) is 5.32 Å². The lowest BCUT2D eigenvalue weighted by atomic mass is 10.2. The first-order chi connectivity index (χ1) is 15.3. The van der Waals surface area contributed by atoms with Gasteiger partial charge in [0.15, 0.2) is 9.84 Å². The van der Waals surface area contributed by atoms with E-state index in [1.807, 2.05) is 35.0 Å². The number of imidazole rings is 1. The van der Waals surface area contributed by atoms with Gasteiger partial charge in [-0.3, -0.25) is 4.79 Å². The zero-order valence-corrected chi connectivity index (χ0v) is 18.5. The number of hydrogen-bond donors (Lipinski definition) is 1.